The number of carboxylic acid groups (broad SMARTS) is 4. The fourth-order valence-electron chi connectivity index (χ4n) is 3.13. The number of pyridine rings is 2. The molecular weight excluding hydrogens is 671 g/mol. The Morgan fingerprint density at radius 1 is 0.467 bits per heavy atom. The van der Waals surface area contributed by atoms with E-state index < -0.39 is 23.9 Å². The molecule has 6 rings (SSSR count). The zero-order valence-corrected chi connectivity index (χ0v) is 25.3. The van der Waals surface area contributed by atoms with E-state index in [1.807, 2.05) is 48.5 Å². The second kappa shape index (κ2) is 17.0. The minimum absolute atomic E-state index is 0. The molecule has 1 radical (unpaired) electrons. The van der Waals surface area contributed by atoms with Crippen molar-refractivity contribution >= 4 is 77.2 Å². The van der Waals surface area contributed by atoms with E-state index >= 15 is 0 Å². The molecule has 0 aliphatic heterocycles. The van der Waals surface area contributed by atoms with Crippen LogP contribution in [0.2, 0.25) is 0 Å². The molecule has 0 amide bonds. The van der Waals surface area contributed by atoms with Gasteiger partial charge in [0, 0.05) is 0 Å². The largest absolute Gasteiger partial charge is 2.00 e. The average Bonchev–Trinajstić information content (AvgIpc) is 3.58. The van der Waals surface area contributed by atoms with Crippen molar-refractivity contribution in [2.45, 2.75) is 0 Å². The first-order valence-electron chi connectivity index (χ1n) is 12.0. The number of anilines is 2. The molecular formula is C28H22CoN6O8S2+2. The van der Waals surface area contributed by atoms with Crippen molar-refractivity contribution in [1.29, 1.82) is 0 Å². The van der Waals surface area contributed by atoms with E-state index in [9.17, 15) is 19.2 Å². The maximum absolute atomic E-state index is 10.3. The fraction of sp³-hybridized carbons (Fsp3) is 0. The van der Waals surface area contributed by atoms with Crippen LogP contribution in [0.3, 0.4) is 0 Å². The van der Waals surface area contributed by atoms with Crippen molar-refractivity contribution in [1.82, 2.24) is 19.9 Å². The average molecular weight is 694 g/mol. The van der Waals surface area contributed by atoms with Gasteiger partial charge in [0.25, 0.3) is 0 Å². The molecule has 0 aliphatic rings. The third kappa shape index (κ3) is 10.9. The molecule has 45 heavy (non-hydrogen) atoms. The minimum Gasteiger partial charge on any atom is -0.477 e. The normalized spacial score (nSPS) is 9.60. The summed E-state index contributed by atoms with van der Waals surface area (Å²) in [5.74, 6) is -4.95. The van der Waals surface area contributed by atoms with Crippen molar-refractivity contribution in [2.75, 3.05) is 11.5 Å². The van der Waals surface area contributed by atoms with E-state index in [1.165, 1.54) is 59.1 Å². The van der Waals surface area contributed by atoms with Gasteiger partial charge in [-0.3, -0.25) is 0 Å². The Labute approximate surface area is 271 Å². The Morgan fingerprint density at radius 3 is 1.02 bits per heavy atom. The number of hydrogen-bond acceptors (Lipinski definition) is 12. The third-order valence-corrected chi connectivity index (χ3v) is 6.73. The topological polar surface area (TPSA) is 253 Å². The van der Waals surface area contributed by atoms with Crippen LogP contribution < -0.4 is 11.5 Å². The predicted molar refractivity (Wildman–Crippen MR) is 164 cm³/mol. The minimum atomic E-state index is -1.24. The second-order valence-corrected chi connectivity index (χ2v) is 10.2. The number of fused-ring (bicyclic) bond motifs is 2. The number of hydrogen-bond donors (Lipinski definition) is 6. The fourth-order valence-corrected chi connectivity index (χ4v) is 4.59. The van der Waals surface area contributed by atoms with E-state index in [1.54, 1.807) is 0 Å². The van der Waals surface area contributed by atoms with Gasteiger partial charge in [-0.25, -0.2) is 39.1 Å². The van der Waals surface area contributed by atoms with Crippen LogP contribution in [0.25, 0.3) is 20.4 Å². The Bertz CT molecular complexity index is 1690. The molecule has 0 unspecified atom stereocenters. The van der Waals surface area contributed by atoms with Crippen molar-refractivity contribution in [2.24, 2.45) is 0 Å². The van der Waals surface area contributed by atoms with Crippen molar-refractivity contribution in [3.63, 3.8) is 0 Å². The van der Waals surface area contributed by atoms with Crippen LogP contribution in [0, 0.1) is 0 Å². The molecule has 2 aromatic carbocycles. The van der Waals surface area contributed by atoms with Crippen molar-refractivity contribution in [3.05, 3.63) is 108 Å². The van der Waals surface area contributed by atoms with Gasteiger partial charge in [-0.15, -0.1) is 0 Å². The zero-order chi connectivity index (χ0) is 32.2. The quantitative estimate of drug-likeness (QED) is 0.146. The molecule has 6 aromatic rings. The maximum atomic E-state index is 10.3. The number of nitrogens with zero attached hydrogens (tertiary/aromatic N) is 4. The van der Waals surface area contributed by atoms with E-state index in [2.05, 4.69) is 19.9 Å². The smallest absolute Gasteiger partial charge is 0.477 e. The first kappa shape index (κ1) is 35.7. The number of thiazole rings is 2. The molecule has 0 bridgehead atoms. The van der Waals surface area contributed by atoms with Crippen LogP contribution in [0.15, 0.2) is 84.9 Å². The number of para-hydroxylation sites is 2. The summed E-state index contributed by atoms with van der Waals surface area (Å²) in [4.78, 5) is 56.2. The standard InChI is InChI=1S/2C7H6N2S.2C7H5NO4.Co/c2*8-7-9-5-3-1-2-4-6(5)10-7;2*9-6(10)4-2-1-3-5(8-4)7(11)12;/h2*1-4H,(H2,8,9);2*1-3H,(H,9,10)(H,11,12);/q;;;;+2. The van der Waals surface area contributed by atoms with Gasteiger partial charge < -0.3 is 31.9 Å². The summed E-state index contributed by atoms with van der Waals surface area (Å²) in [5, 5.41) is 35.0. The molecule has 0 spiro atoms. The van der Waals surface area contributed by atoms with E-state index in [0.717, 1.165) is 20.4 Å². The Kier molecular flexibility index (Phi) is 13.5. The van der Waals surface area contributed by atoms with Crippen LogP contribution in [-0.4, -0.2) is 64.2 Å². The Hall–Kier alpha value is -5.49. The number of rotatable bonds is 4. The summed E-state index contributed by atoms with van der Waals surface area (Å²) in [6.07, 6.45) is 0. The SMILES string of the molecule is Nc1nc2ccccc2s1.Nc1nc2ccccc2s1.O=C(O)c1cccc(C(=O)O)n1.O=C(O)c1cccc(C(=O)O)n1.[Co+2]. The number of carbonyl (C=O) groups is 4. The van der Waals surface area contributed by atoms with Gasteiger partial charge in [-0.05, 0) is 48.5 Å². The number of nitrogen functional groups attached to an aromatic ring is 2. The van der Waals surface area contributed by atoms with Gasteiger partial charge in [0.1, 0.15) is 22.8 Å². The summed E-state index contributed by atoms with van der Waals surface area (Å²) in [6.45, 7) is 0. The summed E-state index contributed by atoms with van der Waals surface area (Å²) < 4.78 is 2.31. The van der Waals surface area contributed by atoms with Gasteiger partial charge in [0.2, 0.25) is 0 Å². The molecule has 0 saturated carbocycles. The van der Waals surface area contributed by atoms with E-state index in [4.69, 9.17) is 31.9 Å². The number of benzene rings is 2. The monoisotopic (exact) mass is 693 g/mol. The van der Waals surface area contributed by atoms with Crippen LogP contribution >= 0.6 is 22.7 Å². The summed E-state index contributed by atoms with van der Waals surface area (Å²) in [6, 6.07) is 23.4. The van der Waals surface area contributed by atoms with Gasteiger partial charge in [-0.2, -0.15) is 0 Å². The summed E-state index contributed by atoms with van der Waals surface area (Å²) in [5.41, 5.74) is 11.9. The number of nitrogens with two attached hydrogens (primary N) is 2. The Morgan fingerprint density at radius 2 is 0.756 bits per heavy atom. The van der Waals surface area contributed by atoms with Gasteiger partial charge in [-0.1, -0.05) is 59.1 Å². The first-order valence-corrected chi connectivity index (χ1v) is 13.7. The van der Waals surface area contributed by atoms with Crippen molar-refractivity contribution in [3.8, 4) is 0 Å². The summed E-state index contributed by atoms with van der Waals surface area (Å²) >= 11 is 3.04. The van der Waals surface area contributed by atoms with Crippen LogP contribution in [0.4, 0.5) is 10.3 Å². The molecule has 0 atom stereocenters. The second-order valence-electron chi connectivity index (χ2n) is 8.08. The first-order chi connectivity index (χ1) is 20.9. The molecule has 0 saturated heterocycles. The maximum Gasteiger partial charge on any atom is 2.00 e. The summed E-state index contributed by atoms with van der Waals surface area (Å²) in [7, 11) is 0. The van der Waals surface area contributed by atoms with Crippen molar-refractivity contribution < 1.29 is 56.4 Å². The number of aromatic carboxylic acids is 4. The molecule has 8 N–H and O–H groups in total. The molecule has 231 valence electrons. The van der Waals surface area contributed by atoms with Crippen LogP contribution in [0.1, 0.15) is 42.0 Å². The molecule has 0 fully saturated rings. The molecule has 4 aromatic heterocycles. The Balaban J connectivity index is 0.000000208. The van der Waals surface area contributed by atoms with Gasteiger partial charge in [0.15, 0.2) is 10.3 Å². The molecule has 14 nitrogen and oxygen atoms in total. The number of carboxylic acids is 4. The zero-order valence-electron chi connectivity index (χ0n) is 22.6. The molecule has 0 aliphatic carbocycles. The number of aromatic nitrogens is 4. The van der Waals surface area contributed by atoms with E-state index in [0.29, 0.717) is 10.3 Å². The third-order valence-electron chi connectivity index (χ3n) is 5.00. The van der Waals surface area contributed by atoms with Crippen LogP contribution in [-0.2, 0) is 16.8 Å². The predicted octanol–water partition coefficient (Wildman–Crippen LogP) is 4.71. The molecule has 17 heteroatoms. The van der Waals surface area contributed by atoms with Gasteiger partial charge >= 0.3 is 40.7 Å². The molecule has 4 heterocycles. The van der Waals surface area contributed by atoms with Gasteiger partial charge in [0.05, 0.1) is 20.4 Å². The van der Waals surface area contributed by atoms with E-state index in [-0.39, 0.29) is 39.6 Å². The van der Waals surface area contributed by atoms with Crippen LogP contribution in [0.5, 0.6) is 0 Å².